The Morgan fingerprint density at radius 3 is 2.37 bits per heavy atom. The van der Waals surface area contributed by atoms with Crippen molar-refractivity contribution < 1.29 is 14.6 Å². The van der Waals surface area contributed by atoms with Gasteiger partial charge in [-0.3, -0.25) is 0 Å². The zero-order valence-corrected chi connectivity index (χ0v) is 11.5. The number of aryl methyl sites for hydroxylation is 3. The van der Waals surface area contributed by atoms with Gasteiger partial charge in [0, 0.05) is 19.4 Å². The summed E-state index contributed by atoms with van der Waals surface area (Å²) in [6.07, 6.45) is 1.11. The van der Waals surface area contributed by atoms with Gasteiger partial charge in [-0.05, 0) is 37.5 Å². The van der Waals surface area contributed by atoms with Gasteiger partial charge < -0.3 is 14.6 Å². The fourth-order valence-electron chi connectivity index (χ4n) is 2.22. The van der Waals surface area contributed by atoms with Crippen LogP contribution in [0.2, 0.25) is 0 Å². The maximum atomic E-state index is 9.75. The first-order valence-corrected chi connectivity index (χ1v) is 6.36. The van der Waals surface area contributed by atoms with E-state index in [2.05, 4.69) is 4.98 Å². The van der Waals surface area contributed by atoms with Crippen molar-refractivity contribution in [2.75, 3.05) is 6.61 Å². The third-order valence-electron chi connectivity index (χ3n) is 3.19. The molecule has 0 aliphatic heterocycles. The van der Waals surface area contributed by atoms with Crippen molar-refractivity contribution in [3.63, 3.8) is 0 Å². The normalized spacial score (nSPS) is 10.9. The lowest BCUT2D eigenvalue weighted by Gasteiger charge is -2.06. The first-order chi connectivity index (χ1) is 9.01. The van der Waals surface area contributed by atoms with Crippen molar-refractivity contribution in [1.82, 2.24) is 4.98 Å². The second-order valence-electron chi connectivity index (χ2n) is 4.84. The van der Waals surface area contributed by atoms with Crippen molar-refractivity contribution >= 4 is 0 Å². The zero-order valence-electron chi connectivity index (χ0n) is 11.5. The molecule has 1 aromatic heterocycles. The van der Waals surface area contributed by atoms with Crippen LogP contribution in [0.4, 0.5) is 0 Å². The van der Waals surface area contributed by atoms with E-state index >= 15 is 0 Å². The SMILES string of the molecule is Cc1cc(Cc2nc(CCO)c(C)o2)cc(C)c1O. The number of hydrogen-bond donors (Lipinski definition) is 2. The van der Waals surface area contributed by atoms with Gasteiger partial charge in [0.05, 0.1) is 5.69 Å². The van der Waals surface area contributed by atoms with Crippen LogP contribution in [0.3, 0.4) is 0 Å². The molecule has 19 heavy (non-hydrogen) atoms. The molecule has 102 valence electrons. The highest BCUT2D eigenvalue weighted by molar-refractivity contribution is 5.42. The molecule has 0 bridgehead atoms. The van der Waals surface area contributed by atoms with E-state index in [4.69, 9.17) is 9.52 Å². The molecule has 4 heteroatoms. The average Bonchev–Trinajstić information content (AvgIpc) is 2.67. The van der Waals surface area contributed by atoms with Gasteiger partial charge in [0.1, 0.15) is 11.5 Å². The molecule has 0 aliphatic rings. The lowest BCUT2D eigenvalue weighted by Crippen LogP contribution is -1.95. The number of nitrogens with zero attached hydrogens (tertiary/aromatic N) is 1. The van der Waals surface area contributed by atoms with Gasteiger partial charge in [-0.25, -0.2) is 4.98 Å². The van der Waals surface area contributed by atoms with E-state index in [0.717, 1.165) is 28.1 Å². The Morgan fingerprint density at radius 1 is 1.16 bits per heavy atom. The standard InChI is InChI=1S/C15H19NO3/c1-9-6-12(7-10(2)15(9)18)8-14-16-13(4-5-17)11(3)19-14/h6-7,17-18H,4-5,8H2,1-3H3. The minimum atomic E-state index is 0.0736. The van der Waals surface area contributed by atoms with Crippen LogP contribution in [0.1, 0.15) is 34.0 Å². The van der Waals surface area contributed by atoms with Crippen molar-refractivity contribution in [2.24, 2.45) is 0 Å². The number of oxazole rings is 1. The molecule has 0 aliphatic carbocycles. The van der Waals surface area contributed by atoms with E-state index in [1.807, 2.05) is 32.9 Å². The second kappa shape index (κ2) is 5.45. The van der Waals surface area contributed by atoms with Crippen molar-refractivity contribution in [3.05, 3.63) is 46.2 Å². The molecule has 4 nitrogen and oxygen atoms in total. The first-order valence-electron chi connectivity index (χ1n) is 6.36. The van der Waals surface area contributed by atoms with Gasteiger partial charge in [-0.15, -0.1) is 0 Å². The molecule has 0 unspecified atom stereocenters. The lowest BCUT2D eigenvalue weighted by molar-refractivity contribution is 0.297. The number of phenolic OH excluding ortho intramolecular Hbond substituents is 1. The minimum Gasteiger partial charge on any atom is -0.507 e. The fourth-order valence-corrected chi connectivity index (χ4v) is 2.22. The highest BCUT2D eigenvalue weighted by atomic mass is 16.4. The number of aliphatic hydroxyl groups is 1. The van der Waals surface area contributed by atoms with Gasteiger partial charge in [-0.1, -0.05) is 12.1 Å². The smallest absolute Gasteiger partial charge is 0.199 e. The molecule has 2 N–H and O–H groups in total. The van der Waals surface area contributed by atoms with Gasteiger partial charge >= 0.3 is 0 Å². The summed E-state index contributed by atoms with van der Waals surface area (Å²) in [5, 5.41) is 18.7. The van der Waals surface area contributed by atoms with Crippen molar-refractivity contribution in [2.45, 2.75) is 33.6 Å². The Kier molecular flexibility index (Phi) is 3.90. The summed E-state index contributed by atoms with van der Waals surface area (Å²) < 4.78 is 5.60. The fraction of sp³-hybridized carbons (Fsp3) is 0.400. The Bertz CT molecular complexity index is 564. The monoisotopic (exact) mass is 261 g/mol. The van der Waals surface area contributed by atoms with E-state index in [-0.39, 0.29) is 6.61 Å². The molecule has 0 spiro atoms. The van der Waals surface area contributed by atoms with Crippen LogP contribution in [-0.4, -0.2) is 21.8 Å². The van der Waals surface area contributed by atoms with Crippen LogP contribution in [0.5, 0.6) is 5.75 Å². The number of aromatic nitrogens is 1. The third-order valence-corrected chi connectivity index (χ3v) is 3.19. The number of aromatic hydroxyl groups is 1. The molecule has 0 amide bonds. The molecule has 1 heterocycles. The van der Waals surface area contributed by atoms with Crippen molar-refractivity contribution in [3.8, 4) is 5.75 Å². The summed E-state index contributed by atoms with van der Waals surface area (Å²) in [6.45, 7) is 5.69. The molecule has 0 saturated carbocycles. The Balaban J connectivity index is 2.24. The third kappa shape index (κ3) is 2.96. The maximum Gasteiger partial charge on any atom is 0.199 e. The van der Waals surface area contributed by atoms with Crippen LogP contribution in [0, 0.1) is 20.8 Å². The number of rotatable bonds is 4. The summed E-state index contributed by atoms with van der Waals surface area (Å²) in [6, 6.07) is 3.88. The second-order valence-corrected chi connectivity index (χ2v) is 4.84. The van der Waals surface area contributed by atoms with Crippen LogP contribution >= 0.6 is 0 Å². The Labute approximate surface area is 112 Å². The molecule has 2 aromatic rings. The largest absolute Gasteiger partial charge is 0.507 e. The Morgan fingerprint density at radius 2 is 1.79 bits per heavy atom. The number of benzene rings is 1. The van der Waals surface area contributed by atoms with Crippen LogP contribution in [-0.2, 0) is 12.8 Å². The quantitative estimate of drug-likeness (QED) is 0.887. The van der Waals surface area contributed by atoms with Gasteiger partial charge in [-0.2, -0.15) is 0 Å². The van der Waals surface area contributed by atoms with Gasteiger partial charge in [0.15, 0.2) is 5.89 Å². The molecular formula is C15H19NO3. The molecule has 1 aromatic carbocycles. The molecule has 0 fully saturated rings. The first kappa shape index (κ1) is 13.6. The van der Waals surface area contributed by atoms with Crippen LogP contribution in [0.25, 0.3) is 0 Å². The van der Waals surface area contributed by atoms with Crippen molar-refractivity contribution in [1.29, 1.82) is 0 Å². The summed E-state index contributed by atoms with van der Waals surface area (Å²) in [4.78, 5) is 4.39. The predicted molar refractivity (Wildman–Crippen MR) is 72.4 cm³/mol. The van der Waals surface area contributed by atoms with Crippen LogP contribution < -0.4 is 0 Å². The summed E-state index contributed by atoms with van der Waals surface area (Å²) in [5.74, 6) is 1.75. The van der Waals surface area contributed by atoms with E-state index in [1.165, 1.54) is 0 Å². The Hall–Kier alpha value is -1.81. The highest BCUT2D eigenvalue weighted by Crippen LogP contribution is 2.24. The molecule has 0 atom stereocenters. The van der Waals surface area contributed by atoms with E-state index in [9.17, 15) is 5.11 Å². The number of hydrogen-bond acceptors (Lipinski definition) is 4. The summed E-state index contributed by atoms with van der Waals surface area (Å²) in [7, 11) is 0. The molecule has 0 radical (unpaired) electrons. The van der Waals surface area contributed by atoms with Gasteiger partial charge in [0.25, 0.3) is 0 Å². The zero-order chi connectivity index (χ0) is 14.0. The highest BCUT2D eigenvalue weighted by Gasteiger charge is 2.11. The van der Waals surface area contributed by atoms with Crippen LogP contribution in [0.15, 0.2) is 16.5 Å². The van der Waals surface area contributed by atoms with E-state index < -0.39 is 0 Å². The minimum absolute atomic E-state index is 0.0736. The van der Waals surface area contributed by atoms with E-state index in [0.29, 0.717) is 24.5 Å². The summed E-state index contributed by atoms with van der Waals surface area (Å²) >= 11 is 0. The predicted octanol–water partition coefficient (Wildman–Crippen LogP) is 2.43. The van der Waals surface area contributed by atoms with Gasteiger partial charge in [0.2, 0.25) is 0 Å². The number of aliphatic hydroxyl groups excluding tert-OH is 1. The maximum absolute atomic E-state index is 9.75. The molecule has 2 rings (SSSR count). The summed E-state index contributed by atoms with van der Waals surface area (Å²) in [5.41, 5.74) is 3.58. The number of phenols is 1. The molecule has 0 saturated heterocycles. The average molecular weight is 261 g/mol. The molecular weight excluding hydrogens is 242 g/mol. The topological polar surface area (TPSA) is 66.5 Å². The van der Waals surface area contributed by atoms with E-state index in [1.54, 1.807) is 0 Å². The lowest BCUT2D eigenvalue weighted by atomic mass is 10.0.